The third-order valence-electron chi connectivity index (χ3n) is 3.37. The highest BCUT2D eigenvalue weighted by molar-refractivity contribution is 9.10. The largest absolute Gasteiger partial charge is 0.507 e. The first-order chi connectivity index (χ1) is 10.3. The molecule has 0 aliphatic rings. The molecule has 22 heavy (non-hydrogen) atoms. The molecule has 7 heteroatoms. The molecule has 0 unspecified atom stereocenters. The minimum atomic E-state index is -0.973. The first-order valence-electron chi connectivity index (χ1n) is 6.71. The Bertz CT molecular complexity index is 768. The molecule has 6 nitrogen and oxygen atoms in total. The Morgan fingerprint density at radius 1 is 1.41 bits per heavy atom. The Labute approximate surface area is 134 Å². The van der Waals surface area contributed by atoms with Gasteiger partial charge in [-0.25, -0.2) is 4.79 Å². The molecule has 0 spiro atoms. The van der Waals surface area contributed by atoms with Crippen LogP contribution in [0, 0.1) is 5.92 Å². The number of rotatable bonds is 5. The number of hydrogen-bond acceptors (Lipinski definition) is 5. The van der Waals surface area contributed by atoms with E-state index in [2.05, 4.69) is 21.2 Å². The van der Waals surface area contributed by atoms with E-state index in [-0.39, 0.29) is 28.3 Å². The number of nitrogens with one attached hydrogen (secondary N) is 1. The number of phenolic OH excluding ortho intramolecular Hbond substituents is 1. The lowest BCUT2D eigenvalue weighted by Gasteiger charge is -2.18. The highest BCUT2D eigenvalue weighted by atomic mass is 79.9. The molecule has 1 aromatic heterocycles. The van der Waals surface area contributed by atoms with Gasteiger partial charge in [-0.3, -0.25) is 10.1 Å². The number of aromatic hydroxyl groups is 1. The molecule has 0 saturated heterocycles. The molecule has 1 aromatic carbocycles. The molecular formula is C15H16BrNO5. The fourth-order valence-electron chi connectivity index (χ4n) is 2.20. The maximum Gasteiger partial charge on any atom is 0.350 e. The number of carboxylic acid groups (broad SMARTS) is 1. The summed E-state index contributed by atoms with van der Waals surface area (Å²) in [6.45, 7) is 3.64. The van der Waals surface area contributed by atoms with Crippen LogP contribution in [-0.2, 0) is 11.3 Å². The molecule has 0 fully saturated rings. The van der Waals surface area contributed by atoms with Crippen molar-refractivity contribution >= 4 is 32.9 Å². The van der Waals surface area contributed by atoms with Gasteiger partial charge >= 0.3 is 11.6 Å². The van der Waals surface area contributed by atoms with Gasteiger partial charge in [0, 0.05) is 11.9 Å². The lowest BCUT2D eigenvalue weighted by atomic mass is 10.0. The molecule has 1 heterocycles. The molecule has 0 bridgehead atoms. The van der Waals surface area contributed by atoms with E-state index in [1.165, 1.54) is 6.07 Å². The number of phenols is 1. The van der Waals surface area contributed by atoms with Gasteiger partial charge in [0.2, 0.25) is 0 Å². The van der Waals surface area contributed by atoms with E-state index in [4.69, 9.17) is 4.42 Å². The number of benzene rings is 1. The van der Waals surface area contributed by atoms with Crippen LogP contribution in [-0.4, -0.2) is 22.2 Å². The van der Waals surface area contributed by atoms with Crippen molar-refractivity contribution in [2.24, 2.45) is 5.92 Å². The average molecular weight is 370 g/mol. The number of hydrogen-bond donors (Lipinski definition) is 3. The predicted octanol–water partition coefficient (Wildman–Crippen LogP) is 2.46. The van der Waals surface area contributed by atoms with Crippen LogP contribution in [0.25, 0.3) is 11.0 Å². The summed E-state index contributed by atoms with van der Waals surface area (Å²) in [6, 6.07) is 3.94. The Morgan fingerprint density at radius 3 is 2.68 bits per heavy atom. The van der Waals surface area contributed by atoms with Crippen LogP contribution in [0.2, 0.25) is 0 Å². The monoisotopic (exact) mass is 369 g/mol. The third-order valence-corrected chi connectivity index (χ3v) is 3.92. The van der Waals surface area contributed by atoms with Crippen LogP contribution in [0.5, 0.6) is 5.75 Å². The zero-order chi connectivity index (χ0) is 16.4. The van der Waals surface area contributed by atoms with E-state index in [0.717, 1.165) is 0 Å². The third kappa shape index (κ3) is 3.31. The van der Waals surface area contributed by atoms with Crippen LogP contribution < -0.4 is 10.9 Å². The zero-order valence-corrected chi connectivity index (χ0v) is 13.7. The number of aliphatic carboxylic acids is 1. The first kappa shape index (κ1) is 16.5. The minimum absolute atomic E-state index is 0.0571. The van der Waals surface area contributed by atoms with Crippen molar-refractivity contribution in [3.8, 4) is 5.75 Å². The van der Waals surface area contributed by atoms with Gasteiger partial charge in [-0.2, -0.15) is 0 Å². The van der Waals surface area contributed by atoms with Crippen molar-refractivity contribution in [3.05, 3.63) is 38.7 Å². The van der Waals surface area contributed by atoms with Crippen molar-refractivity contribution in [2.75, 3.05) is 0 Å². The first-order valence-corrected chi connectivity index (χ1v) is 7.51. The van der Waals surface area contributed by atoms with Gasteiger partial charge in [-0.05, 0) is 40.0 Å². The molecule has 0 aliphatic heterocycles. The summed E-state index contributed by atoms with van der Waals surface area (Å²) in [5.74, 6) is -1.16. The molecule has 0 amide bonds. The Hall–Kier alpha value is -1.86. The van der Waals surface area contributed by atoms with E-state index in [1.807, 2.05) is 0 Å². The van der Waals surface area contributed by atoms with Gasteiger partial charge in [0.05, 0.1) is 5.56 Å². The molecule has 3 N–H and O–H groups in total. The van der Waals surface area contributed by atoms with Crippen molar-refractivity contribution in [2.45, 2.75) is 26.4 Å². The van der Waals surface area contributed by atoms with Crippen molar-refractivity contribution in [3.63, 3.8) is 0 Å². The SMILES string of the molecule is CC(C)[C@H](NCc1c(O)ccc2cc(Br)c(=O)oc12)C(=O)O. The fourth-order valence-corrected chi connectivity index (χ4v) is 2.53. The Kier molecular flexibility index (Phi) is 4.87. The van der Waals surface area contributed by atoms with Crippen LogP contribution in [0.15, 0.2) is 31.9 Å². The quantitative estimate of drug-likeness (QED) is 0.700. The molecule has 0 saturated carbocycles. The van der Waals surface area contributed by atoms with E-state index in [0.29, 0.717) is 10.9 Å². The number of halogens is 1. The summed E-state index contributed by atoms with van der Waals surface area (Å²) >= 11 is 3.10. The van der Waals surface area contributed by atoms with E-state index in [1.54, 1.807) is 26.0 Å². The second-order valence-corrected chi connectivity index (χ2v) is 6.16. The van der Waals surface area contributed by atoms with Gasteiger partial charge in [-0.1, -0.05) is 13.8 Å². The van der Waals surface area contributed by atoms with E-state index in [9.17, 15) is 19.8 Å². The van der Waals surface area contributed by atoms with Crippen LogP contribution >= 0.6 is 15.9 Å². The van der Waals surface area contributed by atoms with Crippen molar-refractivity contribution in [1.82, 2.24) is 5.32 Å². The molecule has 2 rings (SSSR count). The summed E-state index contributed by atoms with van der Waals surface area (Å²) in [7, 11) is 0. The lowest BCUT2D eigenvalue weighted by molar-refractivity contribution is -0.140. The maximum absolute atomic E-state index is 11.6. The summed E-state index contributed by atoms with van der Waals surface area (Å²) in [5, 5.41) is 22.7. The van der Waals surface area contributed by atoms with Gasteiger partial charge in [-0.15, -0.1) is 0 Å². The van der Waals surface area contributed by atoms with Crippen LogP contribution in [0.3, 0.4) is 0 Å². The van der Waals surface area contributed by atoms with Gasteiger partial charge in [0.15, 0.2) is 0 Å². The molecule has 0 radical (unpaired) electrons. The fraction of sp³-hybridized carbons (Fsp3) is 0.333. The summed E-state index contributed by atoms with van der Waals surface area (Å²) in [5.41, 5.74) is 0.0422. The van der Waals surface area contributed by atoms with Crippen molar-refractivity contribution in [1.29, 1.82) is 0 Å². The van der Waals surface area contributed by atoms with Crippen molar-refractivity contribution < 1.29 is 19.4 Å². The van der Waals surface area contributed by atoms with Gasteiger partial charge < -0.3 is 14.6 Å². The smallest absolute Gasteiger partial charge is 0.350 e. The molecule has 0 aliphatic carbocycles. The van der Waals surface area contributed by atoms with Crippen LogP contribution in [0.1, 0.15) is 19.4 Å². The lowest BCUT2D eigenvalue weighted by Crippen LogP contribution is -2.40. The zero-order valence-electron chi connectivity index (χ0n) is 12.1. The topological polar surface area (TPSA) is 99.8 Å². The van der Waals surface area contributed by atoms with E-state index >= 15 is 0 Å². The average Bonchev–Trinajstić information content (AvgIpc) is 2.42. The van der Waals surface area contributed by atoms with Gasteiger partial charge in [0.1, 0.15) is 21.8 Å². The van der Waals surface area contributed by atoms with E-state index < -0.39 is 17.6 Å². The standard InChI is InChI=1S/C15H16BrNO5/c1-7(2)12(14(19)20)17-6-9-11(18)4-3-8-5-10(16)15(21)22-13(8)9/h3-5,7,12,17-18H,6H2,1-2H3,(H,19,20)/t12-/m0/s1. The Balaban J connectivity index is 2.42. The highest BCUT2D eigenvalue weighted by Crippen LogP contribution is 2.27. The maximum atomic E-state index is 11.6. The summed E-state index contributed by atoms with van der Waals surface area (Å²) in [4.78, 5) is 22.8. The normalized spacial score (nSPS) is 12.7. The Morgan fingerprint density at radius 2 is 2.09 bits per heavy atom. The van der Waals surface area contributed by atoms with Gasteiger partial charge in [0.25, 0.3) is 0 Å². The predicted molar refractivity (Wildman–Crippen MR) is 85.0 cm³/mol. The second-order valence-electron chi connectivity index (χ2n) is 5.30. The summed E-state index contributed by atoms with van der Waals surface area (Å²) < 4.78 is 5.50. The minimum Gasteiger partial charge on any atom is -0.507 e. The summed E-state index contributed by atoms with van der Waals surface area (Å²) in [6.07, 6.45) is 0. The second kappa shape index (κ2) is 6.50. The van der Waals surface area contributed by atoms with Crippen LogP contribution in [0.4, 0.5) is 0 Å². The highest BCUT2D eigenvalue weighted by Gasteiger charge is 2.22. The number of fused-ring (bicyclic) bond motifs is 1. The molecule has 118 valence electrons. The molecule has 2 aromatic rings. The number of carbonyl (C=O) groups is 1. The molecule has 1 atom stereocenters. The molecular weight excluding hydrogens is 354 g/mol. The number of carboxylic acids is 1.